The summed E-state index contributed by atoms with van der Waals surface area (Å²) in [5.74, 6) is -0.260. The van der Waals surface area contributed by atoms with Crippen molar-refractivity contribution in [3.8, 4) is 0 Å². The van der Waals surface area contributed by atoms with E-state index < -0.39 is 10.1 Å². The Hall–Kier alpha value is -0.750. The van der Waals surface area contributed by atoms with Gasteiger partial charge in [0.25, 0.3) is 10.1 Å². The van der Waals surface area contributed by atoms with Crippen molar-refractivity contribution in [1.82, 2.24) is 9.80 Å². The van der Waals surface area contributed by atoms with E-state index in [-0.39, 0.29) is 11.9 Å². The van der Waals surface area contributed by atoms with Crippen LogP contribution in [-0.4, -0.2) is 48.3 Å². The van der Waals surface area contributed by atoms with Gasteiger partial charge in [0.1, 0.15) is 11.9 Å². The summed E-state index contributed by atoms with van der Waals surface area (Å²) < 4.78 is 30.0. The van der Waals surface area contributed by atoms with Crippen LogP contribution in [0.15, 0.2) is 12.4 Å². The van der Waals surface area contributed by atoms with E-state index in [1.54, 1.807) is 18.1 Å². The van der Waals surface area contributed by atoms with Crippen molar-refractivity contribution in [2.75, 3.05) is 19.3 Å². The number of nitrogens with zero attached hydrogens (tertiary/aromatic N) is 2. The van der Waals surface area contributed by atoms with Gasteiger partial charge in [-0.05, 0) is 6.92 Å². The van der Waals surface area contributed by atoms with Crippen LogP contribution in [0.25, 0.3) is 0 Å². The van der Waals surface area contributed by atoms with Crippen molar-refractivity contribution in [3.05, 3.63) is 12.4 Å². The second kappa shape index (κ2) is 3.55. The lowest BCUT2D eigenvalue weighted by molar-refractivity contribution is 0.202. The first-order valence-corrected chi connectivity index (χ1v) is 5.66. The molecule has 5 nitrogen and oxygen atoms in total. The van der Waals surface area contributed by atoms with Gasteiger partial charge in [0.05, 0.1) is 0 Å². The summed E-state index contributed by atoms with van der Waals surface area (Å²) in [5.41, 5.74) is 0. The Balaban J connectivity index is 2.69. The fourth-order valence-electron chi connectivity index (χ4n) is 1.34. The Morgan fingerprint density at radius 2 is 2.08 bits per heavy atom. The molecule has 0 saturated carbocycles. The average molecular weight is 206 g/mol. The SMILES string of the molecule is CCN1C=CN(C)C1CS(=O)(=O)O. The molecule has 1 aliphatic heterocycles. The predicted octanol–water partition coefficient (Wildman–Crippen LogP) is -0.0612. The van der Waals surface area contributed by atoms with Crippen LogP contribution in [0.2, 0.25) is 0 Å². The molecule has 0 aromatic rings. The van der Waals surface area contributed by atoms with Gasteiger partial charge in [-0.25, -0.2) is 0 Å². The van der Waals surface area contributed by atoms with Crippen LogP contribution in [0.3, 0.4) is 0 Å². The summed E-state index contributed by atoms with van der Waals surface area (Å²) in [5, 5.41) is 0. The number of hydrogen-bond acceptors (Lipinski definition) is 4. The van der Waals surface area contributed by atoms with Crippen LogP contribution in [0, 0.1) is 0 Å². The highest BCUT2D eigenvalue weighted by molar-refractivity contribution is 7.85. The molecule has 0 aromatic carbocycles. The molecule has 1 atom stereocenters. The summed E-state index contributed by atoms with van der Waals surface area (Å²) in [6.07, 6.45) is 3.33. The van der Waals surface area contributed by atoms with E-state index in [0.29, 0.717) is 0 Å². The Morgan fingerprint density at radius 3 is 2.54 bits per heavy atom. The minimum absolute atomic E-state index is 0.260. The highest BCUT2D eigenvalue weighted by Gasteiger charge is 2.26. The first-order chi connectivity index (χ1) is 5.94. The molecule has 0 spiro atoms. The fraction of sp³-hybridized carbons (Fsp3) is 0.714. The van der Waals surface area contributed by atoms with E-state index in [0.717, 1.165) is 6.54 Å². The van der Waals surface area contributed by atoms with E-state index in [4.69, 9.17) is 4.55 Å². The van der Waals surface area contributed by atoms with E-state index in [9.17, 15) is 8.42 Å². The highest BCUT2D eigenvalue weighted by Crippen LogP contribution is 2.14. The summed E-state index contributed by atoms with van der Waals surface area (Å²) in [7, 11) is -2.13. The lowest BCUT2D eigenvalue weighted by Gasteiger charge is -2.28. The molecule has 0 aromatic heterocycles. The molecule has 0 amide bonds. The standard InChI is InChI=1S/C7H14N2O3S/c1-3-9-5-4-8(2)7(9)6-13(10,11)12/h4-5,7H,3,6H2,1-2H3,(H,10,11,12). The third-order valence-electron chi connectivity index (χ3n) is 2.07. The minimum Gasteiger partial charge on any atom is -0.358 e. The maximum Gasteiger partial charge on any atom is 0.268 e. The van der Waals surface area contributed by atoms with Crippen LogP contribution >= 0.6 is 0 Å². The van der Waals surface area contributed by atoms with Gasteiger partial charge in [0.15, 0.2) is 0 Å². The van der Waals surface area contributed by atoms with Crippen LogP contribution in [-0.2, 0) is 10.1 Å². The van der Waals surface area contributed by atoms with Gasteiger partial charge in [-0.2, -0.15) is 8.42 Å². The van der Waals surface area contributed by atoms with Gasteiger partial charge in [-0.1, -0.05) is 0 Å². The third-order valence-corrected chi connectivity index (χ3v) is 2.79. The summed E-state index contributed by atoms with van der Waals surface area (Å²) in [4.78, 5) is 3.62. The topological polar surface area (TPSA) is 60.9 Å². The molecule has 0 saturated heterocycles. The van der Waals surface area contributed by atoms with Gasteiger partial charge in [0, 0.05) is 26.0 Å². The molecule has 0 bridgehead atoms. The van der Waals surface area contributed by atoms with Gasteiger partial charge < -0.3 is 9.80 Å². The predicted molar refractivity (Wildman–Crippen MR) is 49.5 cm³/mol. The molecule has 0 aliphatic carbocycles. The quantitative estimate of drug-likeness (QED) is 0.655. The second-order valence-corrected chi connectivity index (χ2v) is 4.52. The number of hydrogen-bond donors (Lipinski definition) is 1. The maximum absolute atomic E-state index is 10.7. The molecule has 0 radical (unpaired) electrons. The Bertz CT molecular complexity index is 299. The molecule has 1 unspecified atom stereocenters. The molecule has 1 aliphatic rings. The molecule has 0 fully saturated rings. The first kappa shape index (κ1) is 10.3. The van der Waals surface area contributed by atoms with Crippen LogP contribution in [0.5, 0.6) is 0 Å². The Morgan fingerprint density at radius 1 is 1.46 bits per heavy atom. The van der Waals surface area contributed by atoms with E-state index in [2.05, 4.69) is 0 Å². The zero-order valence-electron chi connectivity index (χ0n) is 7.71. The molecular formula is C7H14N2O3S. The summed E-state index contributed by atoms with van der Waals surface area (Å²) in [6, 6.07) is 0. The highest BCUT2D eigenvalue weighted by atomic mass is 32.2. The van der Waals surface area contributed by atoms with Crippen molar-refractivity contribution < 1.29 is 13.0 Å². The number of rotatable bonds is 3. The zero-order valence-corrected chi connectivity index (χ0v) is 8.53. The first-order valence-electron chi connectivity index (χ1n) is 4.05. The van der Waals surface area contributed by atoms with Crippen LogP contribution in [0.4, 0.5) is 0 Å². The van der Waals surface area contributed by atoms with Crippen LogP contribution < -0.4 is 0 Å². The van der Waals surface area contributed by atoms with Gasteiger partial charge >= 0.3 is 0 Å². The van der Waals surface area contributed by atoms with Crippen molar-refractivity contribution in [2.45, 2.75) is 13.1 Å². The van der Waals surface area contributed by atoms with Crippen LogP contribution in [0.1, 0.15) is 6.92 Å². The Kier molecular flexibility index (Phi) is 2.82. The van der Waals surface area contributed by atoms with Crippen molar-refractivity contribution >= 4 is 10.1 Å². The maximum atomic E-state index is 10.7. The summed E-state index contributed by atoms with van der Waals surface area (Å²) >= 11 is 0. The van der Waals surface area contributed by atoms with Crippen molar-refractivity contribution in [3.63, 3.8) is 0 Å². The van der Waals surface area contributed by atoms with E-state index in [1.807, 2.05) is 18.0 Å². The fourth-order valence-corrected chi connectivity index (χ4v) is 2.14. The molecular weight excluding hydrogens is 192 g/mol. The summed E-state index contributed by atoms with van der Waals surface area (Å²) in [6.45, 7) is 2.65. The minimum atomic E-state index is -3.91. The van der Waals surface area contributed by atoms with E-state index >= 15 is 0 Å². The smallest absolute Gasteiger partial charge is 0.268 e. The largest absolute Gasteiger partial charge is 0.358 e. The molecule has 6 heteroatoms. The van der Waals surface area contributed by atoms with Gasteiger partial charge in [0.2, 0.25) is 0 Å². The second-order valence-electron chi connectivity index (χ2n) is 3.02. The lowest BCUT2D eigenvalue weighted by Crippen LogP contribution is -2.41. The average Bonchev–Trinajstić information content (AvgIpc) is 2.30. The Labute approximate surface area is 78.4 Å². The van der Waals surface area contributed by atoms with Gasteiger partial charge in [-0.15, -0.1) is 0 Å². The molecule has 13 heavy (non-hydrogen) atoms. The zero-order chi connectivity index (χ0) is 10.1. The lowest BCUT2D eigenvalue weighted by atomic mass is 10.5. The molecule has 1 heterocycles. The van der Waals surface area contributed by atoms with Gasteiger partial charge in [-0.3, -0.25) is 4.55 Å². The van der Waals surface area contributed by atoms with Crippen molar-refractivity contribution in [2.24, 2.45) is 0 Å². The van der Waals surface area contributed by atoms with E-state index in [1.165, 1.54) is 0 Å². The normalized spacial score (nSPS) is 22.8. The third kappa shape index (κ3) is 2.60. The molecule has 76 valence electrons. The van der Waals surface area contributed by atoms with Crippen molar-refractivity contribution in [1.29, 1.82) is 0 Å². The molecule has 1 rings (SSSR count). The monoisotopic (exact) mass is 206 g/mol. The molecule has 1 N–H and O–H groups in total.